The summed E-state index contributed by atoms with van der Waals surface area (Å²) in [5, 5.41) is 7.92. The summed E-state index contributed by atoms with van der Waals surface area (Å²) in [5.41, 5.74) is 1.24. The van der Waals surface area contributed by atoms with E-state index < -0.39 is 11.0 Å². The van der Waals surface area contributed by atoms with Crippen molar-refractivity contribution in [2.45, 2.75) is 37.9 Å². The molecule has 2 atom stereocenters. The summed E-state index contributed by atoms with van der Waals surface area (Å²) in [4.78, 5) is 4.20. The van der Waals surface area contributed by atoms with E-state index >= 15 is 0 Å². The molecule has 0 bridgehead atoms. The number of pyridine rings is 1. The number of nitrogens with zero attached hydrogens (tertiary/aromatic N) is 1. The maximum Gasteiger partial charge on any atom is 0.0945 e. The van der Waals surface area contributed by atoms with Gasteiger partial charge in [0, 0.05) is 17.8 Å². The van der Waals surface area contributed by atoms with Crippen LogP contribution in [0.1, 0.15) is 38.7 Å². The van der Waals surface area contributed by atoms with Crippen LogP contribution in [0.3, 0.4) is 0 Å². The molecular formula is C15H20N2OS. The van der Waals surface area contributed by atoms with E-state index in [1.54, 1.807) is 6.20 Å². The molecule has 0 aliphatic carbocycles. The summed E-state index contributed by atoms with van der Waals surface area (Å²) in [6.07, 6.45) is 4.48. The lowest BCUT2D eigenvalue weighted by atomic mass is 9.89. The summed E-state index contributed by atoms with van der Waals surface area (Å²) < 4.78 is 11.2. The average molecular weight is 276 g/mol. The van der Waals surface area contributed by atoms with Crippen molar-refractivity contribution >= 4 is 21.8 Å². The Morgan fingerprint density at radius 2 is 2.11 bits per heavy atom. The zero-order valence-corrected chi connectivity index (χ0v) is 12.4. The maximum atomic E-state index is 11.6. The highest BCUT2D eigenvalue weighted by Crippen LogP contribution is 2.32. The van der Waals surface area contributed by atoms with E-state index in [9.17, 15) is 4.21 Å². The highest BCUT2D eigenvalue weighted by Gasteiger charge is 2.27. The van der Waals surface area contributed by atoms with E-state index in [0.29, 0.717) is 0 Å². The third kappa shape index (κ3) is 3.01. The maximum absolute atomic E-state index is 11.6. The Morgan fingerprint density at radius 1 is 1.37 bits per heavy atom. The highest BCUT2D eigenvalue weighted by atomic mass is 32.2. The molecular weight excluding hydrogens is 256 g/mol. The number of rotatable bonds is 4. The quantitative estimate of drug-likeness (QED) is 0.932. The first kappa shape index (κ1) is 14.2. The summed E-state index contributed by atoms with van der Waals surface area (Å²) in [5.74, 6) is 0.287. The van der Waals surface area contributed by atoms with E-state index in [1.165, 1.54) is 10.9 Å². The fourth-order valence-electron chi connectivity index (χ4n) is 2.50. The number of nitrogens with two attached hydrogens (primary N) is 1. The Morgan fingerprint density at radius 3 is 2.79 bits per heavy atom. The molecule has 3 nitrogen and oxygen atoms in total. The Kier molecular flexibility index (Phi) is 4.02. The molecule has 0 aliphatic rings. The van der Waals surface area contributed by atoms with E-state index in [0.717, 1.165) is 11.8 Å². The third-order valence-corrected chi connectivity index (χ3v) is 4.85. The molecule has 1 aromatic carbocycles. The predicted octanol–water partition coefficient (Wildman–Crippen LogP) is 3.13. The molecule has 19 heavy (non-hydrogen) atoms. The molecule has 0 radical (unpaired) electrons. The first-order valence-corrected chi connectivity index (χ1v) is 7.62. The molecule has 1 heterocycles. The molecule has 0 saturated carbocycles. The van der Waals surface area contributed by atoms with Gasteiger partial charge in [-0.05, 0) is 43.2 Å². The molecule has 0 spiro atoms. The summed E-state index contributed by atoms with van der Waals surface area (Å²) in [6, 6.07) is 8.27. The lowest BCUT2D eigenvalue weighted by Crippen LogP contribution is -2.33. The van der Waals surface area contributed by atoms with E-state index in [-0.39, 0.29) is 10.7 Å². The highest BCUT2D eigenvalue weighted by molar-refractivity contribution is 7.84. The van der Waals surface area contributed by atoms with Gasteiger partial charge in [0.1, 0.15) is 0 Å². The van der Waals surface area contributed by atoms with Crippen LogP contribution in [0.25, 0.3) is 10.8 Å². The Labute approximate surface area is 116 Å². The summed E-state index contributed by atoms with van der Waals surface area (Å²) >= 11 is 0. The molecule has 0 saturated heterocycles. The standard InChI is InChI=1S/C15H20N2OS/c1-11(9-15(2,3)19(16)18)13-6-4-5-12-7-8-17-10-14(12)13/h4-8,10-11H,9,16H2,1-3H3/t11-,19?/m0/s1. The number of benzene rings is 1. The fourth-order valence-corrected chi connectivity index (χ4v) is 2.91. The normalized spacial score (nSPS) is 15.4. The van der Waals surface area contributed by atoms with Crippen molar-refractivity contribution in [1.29, 1.82) is 0 Å². The molecule has 0 amide bonds. The van der Waals surface area contributed by atoms with Crippen molar-refractivity contribution in [2.75, 3.05) is 0 Å². The zero-order valence-electron chi connectivity index (χ0n) is 11.6. The minimum absolute atomic E-state index is 0.287. The number of fused-ring (bicyclic) bond motifs is 1. The summed E-state index contributed by atoms with van der Waals surface area (Å²) in [7, 11) is -1.32. The van der Waals surface area contributed by atoms with Gasteiger partial charge in [0.25, 0.3) is 0 Å². The zero-order chi connectivity index (χ0) is 14.0. The second-order valence-corrected chi connectivity index (χ2v) is 7.31. The molecule has 4 heteroatoms. The second-order valence-electron chi connectivity index (χ2n) is 5.61. The smallest absolute Gasteiger partial charge is 0.0945 e. The van der Waals surface area contributed by atoms with Crippen LogP contribution >= 0.6 is 0 Å². The van der Waals surface area contributed by atoms with Crippen molar-refractivity contribution in [3.63, 3.8) is 0 Å². The van der Waals surface area contributed by atoms with Gasteiger partial charge >= 0.3 is 0 Å². The molecule has 102 valence electrons. The van der Waals surface area contributed by atoms with Gasteiger partial charge in [0.05, 0.1) is 15.7 Å². The van der Waals surface area contributed by atoms with Gasteiger partial charge < -0.3 is 0 Å². The minimum atomic E-state index is -1.32. The third-order valence-electron chi connectivity index (χ3n) is 3.59. The first-order valence-electron chi connectivity index (χ1n) is 6.41. The average Bonchev–Trinajstić information content (AvgIpc) is 2.37. The number of aromatic nitrogens is 1. The molecule has 2 N–H and O–H groups in total. The predicted molar refractivity (Wildman–Crippen MR) is 81.2 cm³/mol. The molecule has 0 aliphatic heterocycles. The van der Waals surface area contributed by atoms with Gasteiger partial charge in [0.2, 0.25) is 0 Å². The van der Waals surface area contributed by atoms with Crippen molar-refractivity contribution in [3.8, 4) is 0 Å². The van der Waals surface area contributed by atoms with Gasteiger partial charge in [-0.1, -0.05) is 25.1 Å². The van der Waals surface area contributed by atoms with Gasteiger partial charge in [-0.25, -0.2) is 4.21 Å². The Balaban J connectivity index is 2.37. The van der Waals surface area contributed by atoms with Crippen LogP contribution in [-0.2, 0) is 11.0 Å². The topological polar surface area (TPSA) is 56.0 Å². The minimum Gasteiger partial charge on any atom is -0.264 e. The molecule has 1 unspecified atom stereocenters. The van der Waals surface area contributed by atoms with Crippen molar-refractivity contribution < 1.29 is 4.21 Å². The lowest BCUT2D eigenvalue weighted by Gasteiger charge is -2.26. The van der Waals surface area contributed by atoms with Crippen molar-refractivity contribution in [2.24, 2.45) is 5.14 Å². The molecule has 0 fully saturated rings. The lowest BCUT2D eigenvalue weighted by molar-refractivity contribution is 0.542. The number of hydrogen-bond donors (Lipinski definition) is 1. The monoisotopic (exact) mass is 276 g/mol. The van der Waals surface area contributed by atoms with E-state index in [4.69, 9.17) is 5.14 Å². The van der Waals surface area contributed by atoms with Gasteiger partial charge in [-0.2, -0.15) is 0 Å². The number of hydrogen-bond acceptors (Lipinski definition) is 2. The Bertz CT molecular complexity index is 605. The molecule has 2 rings (SSSR count). The first-order chi connectivity index (χ1) is 8.92. The van der Waals surface area contributed by atoms with Gasteiger partial charge in [-0.15, -0.1) is 0 Å². The van der Waals surface area contributed by atoms with E-state index in [2.05, 4.69) is 30.1 Å². The van der Waals surface area contributed by atoms with Crippen LogP contribution in [0, 0.1) is 0 Å². The van der Waals surface area contributed by atoms with Crippen LogP contribution < -0.4 is 5.14 Å². The molecule has 1 aromatic heterocycles. The second kappa shape index (κ2) is 5.39. The van der Waals surface area contributed by atoms with Crippen molar-refractivity contribution in [3.05, 3.63) is 42.2 Å². The Hall–Kier alpha value is -1.26. The largest absolute Gasteiger partial charge is 0.264 e. The summed E-state index contributed by atoms with van der Waals surface area (Å²) in [6.45, 7) is 6.04. The van der Waals surface area contributed by atoms with E-state index in [1.807, 2.05) is 26.1 Å². The SMILES string of the molecule is C[C@@H](CC(C)(C)S(N)=O)c1cccc2ccncc12. The van der Waals surface area contributed by atoms with Gasteiger partial charge in [0.15, 0.2) is 0 Å². The van der Waals surface area contributed by atoms with Crippen molar-refractivity contribution in [1.82, 2.24) is 4.98 Å². The van der Waals surface area contributed by atoms with Crippen LogP contribution in [-0.4, -0.2) is 13.9 Å². The van der Waals surface area contributed by atoms with Crippen LogP contribution in [0.5, 0.6) is 0 Å². The van der Waals surface area contributed by atoms with Crippen LogP contribution in [0.15, 0.2) is 36.7 Å². The molecule has 2 aromatic rings. The fraction of sp³-hybridized carbons (Fsp3) is 0.400. The van der Waals surface area contributed by atoms with Crippen LogP contribution in [0.4, 0.5) is 0 Å². The van der Waals surface area contributed by atoms with Gasteiger partial charge in [-0.3, -0.25) is 10.1 Å². The van der Waals surface area contributed by atoms with Crippen LogP contribution in [0.2, 0.25) is 0 Å².